The van der Waals surface area contributed by atoms with Gasteiger partial charge in [-0.25, -0.2) is 9.78 Å². The second-order valence-corrected chi connectivity index (χ2v) is 5.52. The topological polar surface area (TPSA) is 75.0 Å². The minimum Gasteiger partial charge on any atom is -0.450 e. The number of nitrogens with zero attached hydrogens (tertiary/aromatic N) is 2. The van der Waals surface area contributed by atoms with Crippen LogP contribution in [-0.2, 0) is 4.74 Å². The Labute approximate surface area is 118 Å². The van der Waals surface area contributed by atoms with E-state index in [9.17, 15) is 4.79 Å². The quantitative estimate of drug-likeness (QED) is 0.689. The first kappa shape index (κ1) is 13.6. The normalized spacial score (nSPS) is 10.2. The molecule has 1 amide bonds. The van der Waals surface area contributed by atoms with Crippen molar-refractivity contribution in [3.05, 3.63) is 17.7 Å². The number of thiazole rings is 1. The number of ether oxygens (including phenoxy) is 1. The molecule has 1 aromatic carbocycles. The van der Waals surface area contributed by atoms with E-state index in [0.29, 0.717) is 11.7 Å². The molecule has 5 nitrogen and oxygen atoms in total. The zero-order valence-electron chi connectivity index (χ0n) is 10.4. The van der Waals surface area contributed by atoms with E-state index in [1.807, 2.05) is 24.5 Å². The molecule has 0 unspecified atom stereocenters. The Morgan fingerprint density at radius 2 is 2.42 bits per heavy atom. The van der Waals surface area contributed by atoms with Crippen LogP contribution >= 0.6 is 23.1 Å². The smallest absolute Gasteiger partial charge is 0.413 e. The van der Waals surface area contributed by atoms with Gasteiger partial charge >= 0.3 is 6.09 Å². The molecule has 0 fully saturated rings. The fraction of sp³-hybridized carbons (Fsp3) is 0.250. The number of anilines is 1. The molecule has 1 N–H and O–H groups in total. The molecule has 0 bridgehead atoms. The first-order valence-corrected chi connectivity index (χ1v) is 7.18. The van der Waals surface area contributed by atoms with Gasteiger partial charge in [0.25, 0.3) is 0 Å². The van der Waals surface area contributed by atoms with Crippen LogP contribution in [0.15, 0.2) is 17.0 Å². The number of aromatic nitrogens is 1. The number of aryl methyl sites for hydroxylation is 1. The molecule has 2 rings (SSSR count). The van der Waals surface area contributed by atoms with Crippen molar-refractivity contribution in [3.8, 4) is 5.40 Å². The van der Waals surface area contributed by atoms with Crippen molar-refractivity contribution in [1.29, 1.82) is 5.26 Å². The summed E-state index contributed by atoms with van der Waals surface area (Å²) in [5.74, 6) is 0. The Hall–Kier alpha value is -1.78. The summed E-state index contributed by atoms with van der Waals surface area (Å²) >= 11 is 2.43. The third-order valence-electron chi connectivity index (χ3n) is 2.24. The molecule has 0 spiro atoms. The maximum absolute atomic E-state index is 11.3. The number of carbonyl (C=O) groups is 1. The van der Waals surface area contributed by atoms with Crippen LogP contribution < -0.4 is 5.32 Å². The van der Waals surface area contributed by atoms with Gasteiger partial charge in [0, 0.05) is 4.90 Å². The molecule has 1 aromatic heterocycles. The monoisotopic (exact) mass is 293 g/mol. The molecule has 0 atom stereocenters. The standard InChI is InChI=1S/C12H11N3O2S2/c1-3-17-12(16)15-11-14-10-8(18-6-13)4-7(2)5-9(10)19-11/h4-5H,3H2,1-2H3,(H,14,15,16). The number of nitriles is 1. The molecule has 98 valence electrons. The molecule has 0 saturated heterocycles. The lowest BCUT2D eigenvalue weighted by Gasteiger charge is -2.00. The van der Waals surface area contributed by atoms with E-state index in [1.54, 1.807) is 6.92 Å². The number of amides is 1. The van der Waals surface area contributed by atoms with Crippen molar-refractivity contribution in [1.82, 2.24) is 4.98 Å². The third-order valence-corrected chi connectivity index (χ3v) is 3.78. The van der Waals surface area contributed by atoms with Crippen LogP contribution in [0.1, 0.15) is 12.5 Å². The van der Waals surface area contributed by atoms with Gasteiger partial charge in [-0.1, -0.05) is 11.3 Å². The first-order chi connectivity index (χ1) is 9.13. The Morgan fingerprint density at radius 1 is 1.63 bits per heavy atom. The summed E-state index contributed by atoms with van der Waals surface area (Å²) in [4.78, 5) is 16.5. The summed E-state index contributed by atoms with van der Waals surface area (Å²) in [6.07, 6.45) is -0.521. The van der Waals surface area contributed by atoms with Gasteiger partial charge in [-0.3, -0.25) is 5.32 Å². The van der Waals surface area contributed by atoms with E-state index in [-0.39, 0.29) is 0 Å². The van der Waals surface area contributed by atoms with E-state index < -0.39 is 6.09 Å². The van der Waals surface area contributed by atoms with Crippen molar-refractivity contribution in [2.24, 2.45) is 0 Å². The molecule has 7 heteroatoms. The van der Waals surface area contributed by atoms with Crippen LogP contribution in [0.25, 0.3) is 10.2 Å². The Balaban J connectivity index is 2.37. The summed E-state index contributed by atoms with van der Waals surface area (Å²) in [6.45, 7) is 4.01. The summed E-state index contributed by atoms with van der Waals surface area (Å²) in [7, 11) is 0. The van der Waals surface area contributed by atoms with Gasteiger partial charge in [-0.2, -0.15) is 5.26 Å². The number of hydrogen-bond acceptors (Lipinski definition) is 6. The molecular weight excluding hydrogens is 282 g/mol. The number of benzene rings is 1. The van der Waals surface area contributed by atoms with Gasteiger partial charge in [0.2, 0.25) is 0 Å². The van der Waals surface area contributed by atoms with Crippen molar-refractivity contribution in [2.75, 3.05) is 11.9 Å². The average Bonchev–Trinajstić information content (AvgIpc) is 2.71. The summed E-state index contributed by atoms with van der Waals surface area (Å²) in [6, 6.07) is 3.88. The van der Waals surface area contributed by atoms with Gasteiger partial charge in [0.1, 0.15) is 5.40 Å². The van der Waals surface area contributed by atoms with E-state index in [0.717, 1.165) is 32.4 Å². The zero-order valence-corrected chi connectivity index (χ0v) is 12.0. The summed E-state index contributed by atoms with van der Waals surface area (Å²) in [5.41, 5.74) is 1.78. The number of rotatable bonds is 3. The first-order valence-electron chi connectivity index (χ1n) is 5.55. The highest BCUT2D eigenvalue weighted by Gasteiger charge is 2.12. The number of hydrogen-bond donors (Lipinski definition) is 1. The largest absolute Gasteiger partial charge is 0.450 e. The molecule has 1 heterocycles. The molecular formula is C12H11N3O2S2. The average molecular weight is 293 g/mol. The van der Waals surface area contributed by atoms with Crippen molar-refractivity contribution in [3.63, 3.8) is 0 Å². The van der Waals surface area contributed by atoms with Crippen LogP contribution in [0.5, 0.6) is 0 Å². The van der Waals surface area contributed by atoms with Crippen molar-refractivity contribution >= 4 is 44.5 Å². The van der Waals surface area contributed by atoms with E-state index in [1.165, 1.54) is 11.3 Å². The number of thioether (sulfide) groups is 1. The molecule has 0 aliphatic heterocycles. The molecule has 0 saturated carbocycles. The highest BCUT2D eigenvalue weighted by atomic mass is 32.2. The van der Waals surface area contributed by atoms with Crippen LogP contribution in [0, 0.1) is 17.6 Å². The fourth-order valence-electron chi connectivity index (χ4n) is 1.56. The number of thiocyanates is 1. The van der Waals surface area contributed by atoms with Crippen molar-refractivity contribution in [2.45, 2.75) is 18.7 Å². The molecule has 0 radical (unpaired) electrons. The van der Waals surface area contributed by atoms with Gasteiger partial charge in [0.15, 0.2) is 5.13 Å². The van der Waals surface area contributed by atoms with Gasteiger partial charge < -0.3 is 4.74 Å². The Kier molecular flexibility index (Phi) is 4.24. The minimum atomic E-state index is -0.521. The number of fused-ring (bicyclic) bond motifs is 1. The SMILES string of the molecule is CCOC(=O)Nc1nc2c(SC#N)cc(C)cc2s1. The van der Waals surface area contributed by atoms with Gasteiger partial charge in [0.05, 0.1) is 16.8 Å². The van der Waals surface area contributed by atoms with Crippen LogP contribution in [0.4, 0.5) is 9.93 Å². The van der Waals surface area contributed by atoms with E-state index in [2.05, 4.69) is 10.3 Å². The lowest BCUT2D eigenvalue weighted by molar-refractivity contribution is 0.168. The molecule has 19 heavy (non-hydrogen) atoms. The van der Waals surface area contributed by atoms with Crippen LogP contribution in [-0.4, -0.2) is 17.7 Å². The summed E-state index contributed by atoms with van der Waals surface area (Å²) in [5, 5.41) is 13.9. The highest BCUT2D eigenvalue weighted by molar-refractivity contribution is 8.04. The molecule has 0 aliphatic carbocycles. The zero-order chi connectivity index (χ0) is 13.8. The second-order valence-electron chi connectivity index (χ2n) is 3.67. The molecule has 2 aromatic rings. The predicted molar refractivity (Wildman–Crippen MR) is 76.5 cm³/mol. The second kappa shape index (κ2) is 5.91. The number of nitrogens with one attached hydrogen (secondary N) is 1. The Morgan fingerprint density at radius 3 is 3.11 bits per heavy atom. The highest BCUT2D eigenvalue weighted by Crippen LogP contribution is 2.34. The maximum atomic E-state index is 11.3. The van der Waals surface area contributed by atoms with Crippen LogP contribution in [0.3, 0.4) is 0 Å². The predicted octanol–water partition coefficient (Wildman–Crippen LogP) is 3.75. The fourth-order valence-corrected chi connectivity index (χ4v) is 3.20. The van der Waals surface area contributed by atoms with Gasteiger partial charge in [-0.05, 0) is 43.3 Å². The lowest BCUT2D eigenvalue weighted by Crippen LogP contribution is -2.12. The van der Waals surface area contributed by atoms with Gasteiger partial charge in [-0.15, -0.1) is 0 Å². The molecule has 0 aliphatic rings. The third kappa shape index (κ3) is 3.16. The maximum Gasteiger partial charge on any atom is 0.413 e. The van der Waals surface area contributed by atoms with Crippen molar-refractivity contribution < 1.29 is 9.53 Å². The van der Waals surface area contributed by atoms with Crippen LogP contribution in [0.2, 0.25) is 0 Å². The lowest BCUT2D eigenvalue weighted by atomic mass is 10.2. The number of carbonyl (C=O) groups excluding carboxylic acids is 1. The van der Waals surface area contributed by atoms with E-state index >= 15 is 0 Å². The Bertz CT molecular complexity index is 661. The summed E-state index contributed by atoms with van der Waals surface area (Å²) < 4.78 is 5.74. The van der Waals surface area contributed by atoms with E-state index in [4.69, 9.17) is 10.00 Å². The minimum absolute atomic E-state index is 0.311.